The molecule has 5 aromatic rings. The fraction of sp³-hybridized carbons (Fsp3) is 0.0385. The van der Waals surface area contributed by atoms with Crippen LogP contribution in [-0.4, -0.2) is 11.7 Å². The monoisotopic (exact) mass is 457 g/mol. The molecule has 1 N–H and O–H groups in total. The molecule has 0 radical (unpaired) electrons. The summed E-state index contributed by atoms with van der Waals surface area (Å²) < 4.78 is 11.5. The van der Waals surface area contributed by atoms with Gasteiger partial charge >= 0.3 is 0 Å². The van der Waals surface area contributed by atoms with E-state index in [0.717, 1.165) is 11.6 Å². The Hall–Kier alpha value is -4.16. The van der Waals surface area contributed by atoms with Crippen molar-refractivity contribution in [1.82, 2.24) is 0 Å². The summed E-state index contributed by atoms with van der Waals surface area (Å²) in [6.45, 7) is 1.86. The number of para-hydroxylation sites is 1. The molecule has 0 unspecified atom stereocenters. The molecule has 3 aromatic carbocycles. The van der Waals surface area contributed by atoms with Gasteiger partial charge in [0.05, 0.1) is 11.1 Å². The van der Waals surface area contributed by atoms with Gasteiger partial charge in [-0.3, -0.25) is 14.4 Å². The van der Waals surface area contributed by atoms with E-state index in [0.29, 0.717) is 32.5 Å². The van der Waals surface area contributed by atoms with Gasteiger partial charge in [-0.1, -0.05) is 29.8 Å². The first-order valence-electron chi connectivity index (χ1n) is 10.1. The van der Waals surface area contributed by atoms with Gasteiger partial charge in [-0.15, -0.1) is 0 Å². The Morgan fingerprint density at radius 3 is 2.39 bits per heavy atom. The minimum Gasteiger partial charge on any atom is -0.451 e. The standard InChI is InChI=1S/C26H16ClNO5/c1-14-6-11-17-19(29)13-22(32-21(17)12-14)26(31)28-23-18-4-2-3-5-20(18)33-25(23)24(30)15-7-9-16(27)10-8-15/h2-13H,1H3,(H,28,31). The molecule has 162 valence electrons. The first-order chi connectivity index (χ1) is 15.9. The number of fused-ring (bicyclic) bond motifs is 2. The van der Waals surface area contributed by atoms with E-state index >= 15 is 0 Å². The molecule has 0 bridgehead atoms. The van der Waals surface area contributed by atoms with E-state index in [9.17, 15) is 14.4 Å². The number of carbonyl (C=O) groups excluding carboxylic acids is 2. The summed E-state index contributed by atoms with van der Waals surface area (Å²) in [7, 11) is 0. The molecule has 0 spiro atoms. The number of halogens is 1. The normalized spacial score (nSPS) is 11.1. The Morgan fingerprint density at radius 2 is 1.61 bits per heavy atom. The van der Waals surface area contributed by atoms with Crippen molar-refractivity contribution in [2.75, 3.05) is 5.32 Å². The number of furan rings is 1. The lowest BCUT2D eigenvalue weighted by molar-refractivity contribution is 0.0997. The van der Waals surface area contributed by atoms with E-state index in [-0.39, 0.29) is 22.6 Å². The first-order valence-corrected chi connectivity index (χ1v) is 10.5. The molecule has 0 atom stereocenters. The highest BCUT2D eigenvalue weighted by Crippen LogP contribution is 2.33. The molecule has 0 aliphatic carbocycles. The van der Waals surface area contributed by atoms with E-state index < -0.39 is 11.7 Å². The molecule has 2 heterocycles. The lowest BCUT2D eigenvalue weighted by Gasteiger charge is -2.07. The van der Waals surface area contributed by atoms with Crippen molar-refractivity contribution in [2.45, 2.75) is 6.92 Å². The number of hydrogen-bond acceptors (Lipinski definition) is 5. The second-order valence-corrected chi connectivity index (χ2v) is 8.00. The van der Waals surface area contributed by atoms with E-state index in [4.69, 9.17) is 20.4 Å². The molecule has 0 aliphatic rings. The van der Waals surface area contributed by atoms with E-state index in [2.05, 4.69) is 5.32 Å². The minimum atomic E-state index is -0.674. The number of rotatable bonds is 4. The van der Waals surface area contributed by atoms with E-state index in [1.54, 1.807) is 66.7 Å². The van der Waals surface area contributed by atoms with Crippen molar-refractivity contribution in [3.8, 4) is 0 Å². The molecule has 0 saturated heterocycles. The van der Waals surface area contributed by atoms with Gasteiger partial charge in [0, 0.05) is 22.0 Å². The Bertz CT molecular complexity index is 1610. The van der Waals surface area contributed by atoms with Crippen LogP contribution < -0.4 is 10.7 Å². The van der Waals surface area contributed by atoms with Gasteiger partial charge in [0.15, 0.2) is 16.9 Å². The highest BCUT2D eigenvalue weighted by atomic mass is 35.5. The van der Waals surface area contributed by atoms with Gasteiger partial charge in [0.2, 0.25) is 5.78 Å². The molecule has 1 amide bonds. The van der Waals surface area contributed by atoms with Crippen LogP contribution in [0.15, 0.2) is 86.4 Å². The largest absolute Gasteiger partial charge is 0.451 e. The second-order valence-electron chi connectivity index (χ2n) is 7.57. The maximum atomic E-state index is 13.2. The molecular formula is C26H16ClNO5. The summed E-state index contributed by atoms with van der Waals surface area (Å²) in [5.74, 6) is -1.31. The summed E-state index contributed by atoms with van der Waals surface area (Å²) in [5.41, 5.74) is 1.84. The summed E-state index contributed by atoms with van der Waals surface area (Å²) >= 11 is 5.93. The third-order valence-electron chi connectivity index (χ3n) is 5.26. The Labute approximate surface area is 192 Å². The van der Waals surface area contributed by atoms with Crippen molar-refractivity contribution < 1.29 is 18.4 Å². The predicted octanol–water partition coefficient (Wildman–Crippen LogP) is 5.98. The number of aryl methyl sites for hydroxylation is 1. The lowest BCUT2D eigenvalue weighted by Crippen LogP contribution is -2.16. The van der Waals surface area contributed by atoms with Crippen LogP contribution in [0.2, 0.25) is 5.02 Å². The van der Waals surface area contributed by atoms with E-state index in [1.165, 1.54) is 0 Å². The second kappa shape index (κ2) is 8.07. The van der Waals surface area contributed by atoms with Crippen molar-refractivity contribution in [1.29, 1.82) is 0 Å². The summed E-state index contributed by atoms with van der Waals surface area (Å²) in [4.78, 5) is 38.7. The van der Waals surface area contributed by atoms with Crippen molar-refractivity contribution >= 4 is 50.9 Å². The number of ketones is 1. The van der Waals surface area contributed by atoms with Crippen LogP contribution in [0.4, 0.5) is 5.69 Å². The van der Waals surface area contributed by atoms with Crippen LogP contribution in [0, 0.1) is 6.92 Å². The average molecular weight is 458 g/mol. The molecule has 7 heteroatoms. The lowest BCUT2D eigenvalue weighted by atomic mass is 10.1. The molecule has 33 heavy (non-hydrogen) atoms. The Morgan fingerprint density at radius 1 is 0.848 bits per heavy atom. The summed E-state index contributed by atoms with van der Waals surface area (Å²) in [6.07, 6.45) is 0. The number of anilines is 1. The van der Waals surface area contributed by atoms with E-state index in [1.807, 2.05) is 6.92 Å². The molecule has 6 nitrogen and oxygen atoms in total. The number of amides is 1. The highest BCUT2D eigenvalue weighted by molar-refractivity contribution is 6.30. The third-order valence-corrected chi connectivity index (χ3v) is 5.51. The number of hydrogen-bond donors (Lipinski definition) is 1. The van der Waals surface area contributed by atoms with Crippen LogP contribution >= 0.6 is 11.6 Å². The van der Waals surface area contributed by atoms with Crippen LogP contribution in [-0.2, 0) is 0 Å². The van der Waals surface area contributed by atoms with Gasteiger partial charge in [-0.25, -0.2) is 0 Å². The third kappa shape index (κ3) is 3.81. The maximum absolute atomic E-state index is 13.2. The molecule has 0 saturated carbocycles. The summed E-state index contributed by atoms with van der Waals surface area (Å²) in [6, 6.07) is 19.6. The molecule has 2 aromatic heterocycles. The quantitative estimate of drug-likeness (QED) is 0.335. The first kappa shape index (κ1) is 20.7. The van der Waals surface area contributed by atoms with Crippen LogP contribution in [0.5, 0.6) is 0 Å². The SMILES string of the molecule is Cc1ccc2c(=O)cc(C(=O)Nc3c(C(=O)c4ccc(Cl)cc4)oc4ccccc34)oc2c1. The maximum Gasteiger partial charge on any atom is 0.291 e. The topological polar surface area (TPSA) is 89.5 Å². The van der Waals surface area contributed by atoms with Crippen LogP contribution in [0.3, 0.4) is 0 Å². The minimum absolute atomic E-state index is 0.0362. The van der Waals surface area contributed by atoms with Crippen LogP contribution in [0.25, 0.3) is 21.9 Å². The zero-order valence-corrected chi connectivity index (χ0v) is 18.1. The fourth-order valence-electron chi connectivity index (χ4n) is 3.61. The van der Waals surface area contributed by atoms with Crippen molar-refractivity contribution in [3.63, 3.8) is 0 Å². The number of benzene rings is 3. The van der Waals surface area contributed by atoms with Gasteiger partial charge in [0.1, 0.15) is 11.2 Å². The Balaban J connectivity index is 1.59. The average Bonchev–Trinajstić information content (AvgIpc) is 3.17. The van der Waals surface area contributed by atoms with Crippen LogP contribution in [0.1, 0.15) is 32.2 Å². The molecule has 5 rings (SSSR count). The molecular weight excluding hydrogens is 442 g/mol. The van der Waals surface area contributed by atoms with Crippen molar-refractivity contribution in [3.05, 3.63) is 111 Å². The zero-order chi connectivity index (χ0) is 23.1. The van der Waals surface area contributed by atoms with Gasteiger partial charge in [-0.2, -0.15) is 0 Å². The fourth-order valence-corrected chi connectivity index (χ4v) is 3.74. The number of carbonyl (C=O) groups is 2. The molecule has 0 fully saturated rings. The Kier molecular flexibility index (Phi) is 5.07. The van der Waals surface area contributed by atoms with Gasteiger partial charge < -0.3 is 14.2 Å². The predicted molar refractivity (Wildman–Crippen MR) is 126 cm³/mol. The summed E-state index contributed by atoms with van der Waals surface area (Å²) in [5, 5.41) is 4.12. The van der Waals surface area contributed by atoms with Crippen molar-refractivity contribution in [2.24, 2.45) is 0 Å². The number of nitrogens with one attached hydrogen (secondary N) is 1. The van der Waals surface area contributed by atoms with Gasteiger partial charge in [0.25, 0.3) is 5.91 Å². The molecule has 0 aliphatic heterocycles. The zero-order valence-electron chi connectivity index (χ0n) is 17.3. The van der Waals surface area contributed by atoms with Gasteiger partial charge in [-0.05, 0) is 61.0 Å². The highest BCUT2D eigenvalue weighted by Gasteiger charge is 2.24. The smallest absolute Gasteiger partial charge is 0.291 e.